The molecule has 1 aliphatic heterocycles. The molecule has 1 amide bonds. The summed E-state index contributed by atoms with van der Waals surface area (Å²) in [7, 11) is 0. The Kier molecular flexibility index (Phi) is 5.15. The predicted molar refractivity (Wildman–Crippen MR) is 92.0 cm³/mol. The summed E-state index contributed by atoms with van der Waals surface area (Å²) in [5.41, 5.74) is 2.41. The molecule has 0 N–H and O–H groups in total. The van der Waals surface area contributed by atoms with Crippen molar-refractivity contribution in [2.24, 2.45) is 0 Å². The van der Waals surface area contributed by atoms with E-state index in [0.717, 1.165) is 12.0 Å². The van der Waals surface area contributed by atoms with Gasteiger partial charge in [-0.15, -0.1) is 0 Å². The van der Waals surface area contributed by atoms with Gasteiger partial charge in [0.2, 0.25) is 0 Å². The van der Waals surface area contributed by atoms with Crippen molar-refractivity contribution in [2.45, 2.75) is 13.0 Å². The third-order valence-electron chi connectivity index (χ3n) is 3.80. The molecule has 0 bridgehead atoms. The fourth-order valence-electron chi connectivity index (χ4n) is 2.55. The first-order chi connectivity index (χ1) is 11.6. The number of hydrogen-bond donors (Lipinski definition) is 0. The molecule has 1 aromatic carbocycles. The number of ether oxygens (including phenoxy) is 1. The van der Waals surface area contributed by atoms with Gasteiger partial charge in [-0.25, -0.2) is 4.79 Å². The molecular weight excluding hydrogens is 374 g/mol. The van der Waals surface area contributed by atoms with Gasteiger partial charge in [0.1, 0.15) is 5.76 Å². The third-order valence-corrected chi connectivity index (χ3v) is 4.23. The number of nitrogens with zero attached hydrogens (tertiary/aromatic N) is 1. The van der Waals surface area contributed by atoms with E-state index in [2.05, 4.69) is 22.0 Å². The van der Waals surface area contributed by atoms with Gasteiger partial charge in [-0.05, 0) is 51.7 Å². The molecule has 24 heavy (non-hydrogen) atoms. The van der Waals surface area contributed by atoms with Crippen molar-refractivity contribution in [3.05, 3.63) is 64.0 Å². The lowest BCUT2D eigenvalue weighted by molar-refractivity contribution is -0.148. The zero-order chi connectivity index (χ0) is 16.9. The second-order valence-corrected chi connectivity index (χ2v) is 6.20. The van der Waals surface area contributed by atoms with E-state index in [0.29, 0.717) is 23.5 Å². The summed E-state index contributed by atoms with van der Waals surface area (Å²) in [5.74, 6) is -0.238. The molecule has 0 atom stereocenters. The van der Waals surface area contributed by atoms with Crippen molar-refractivity contribution in [3.63, 3.8) is 0 Å². The van der Waals surface area contributed by atoms with Crippen LogP contribution in [0.5, 0.6) is 0 Å². The average Bonchev–Trinajstić information content (AvgIpc) is 3.02. The summed E-state index contributed by atoms with van der Waals surface area (Å²) in [6.45, 7) is 0.944. The van der Waals surface area contributed by atoms with Gasteiger partial charge in [0, 0.05) is 19.2 Å². The minimum Gasteiger partial charge on any atom is -0.452 e. The van der Waals surface area contributed by atoms with E-state index in [9.17, 15) is 9.59 Å². The molecule has 6 heteroatoms. The molecule has 124 valence electrons. The van der Waals surface area contributed by atoms with Gasteiger partial charge < -0.3 is 14.1 Å². The van der Waals surface area contributed by atoms with Gasteiger partial charge in [0.15, 0.2) is 11.3 Å². The Labute approximate surface area is 148 Å². The second kappa shape index (κ2) is 7.49. The minimum absolute atomic E-state index is 0.188. The maximum Gasteiger partial charge on any atom is 0.331 e. The Hall–Kier alpha value is -2.34. The number of halogens is 1. The second-order valence-electron chi connectivity index (χ2n) is 5.42. The number of esters is 1. The van der Waals surface area contributed by atoms with Crippen LogP contribution in [0.3, 0.4) is 0 Å². The van der Waals surface area contributed by atoms with E-state index in [4.69, 9.17) is 9.15 Å². The van der Waals surface area contributed by atoms with Crippen LogP contribution in [0.25, 0.3) is 6.08 Å². The zero-order valence-corrected chi connectivity index (χ0v) is 14.5. The fraction of sp³-hybridized carbons (Fsp3) is 0.222. The summed E-state index contributed by atoms with van der Waals surface area (Å²) in [4.78, 5) is 25.6. The van der Waals surface area contributed by atoms with Crippen LogP contribution in [0.2, 0.25) is 0 Å². The van der Waals surface area contributed by atoms with Gasteiger partial charge in [-0.1, -0.05) is 24.3 Å². The highest BCUT2D eigenvalue weighted by molar-refractivity contribution is 9.10. The van der Waals surface area contributed by atoms with Crippen molar-refractivity contribution in [3.8, 4) is 0 Å². The number of rotatable bonds is 4. The summed E-state index contributed by atoms with van der Waals surface area (Å²) in [6.07, 6.45) is 3.56. The largest absolute Gasteiger partial charge is 0.452 e. The van der Waals surface area contributed by atoms with E-state index >= 15 is 0 Å². The zero-order valence-electron chi connectivity index (χ0n) is 12.9. The molecule has 1 aliphatic rings. The maximum atomic E-state index is 12.2. The molecule has 0 spiro atoms. The minimum atomic E-state index is -0.576. The number of fused-ring (bicyclic) bond motifs is 1. The fourth-order valence-corrected chi connectivity index (χ4v) is 2.87. The molecule has 5 nitrogen and oxygen atoms in total. The topological polar surface area (TPSA) is 59.8 Å². The Morgan fingerprint density at radius 3 is 2.75 bits per heavy atom. The van der Waals surface area contributed by atoms with Crippen LogP contribution >= 0.6 is 15.9 Å². The molecule has 1 aromatic heterocycles. The number of furan rings is 1. The van der Waals surface area contributed by atoms with Crippen molar-refractivity contribution < 1.29 is 18.7 Å². The highest BCUT2D eigenvalue weighted by Crippen LogP contribution is 2.18. The smallest absolute Gasteiger partial charge is 0.331 e. The molecule has 0 saturated carbocycles. The van der Waals surface area contributed by atoms with Crippen molar-refractivity contribution >= 4 is 33.9 Å². The Bertz CT molecular complexity index is 781. The number of benzene rings is 1. The Morgan fingerprint density at radius 2 is 2.00 bits per heavy atom. The van der Waals surface area contributed by atoms with E-state index in [1.54, 1.807) is 17.0 Å². The molecule has 3 rings (SSSR count). The van der Waals surface area contributed by atoms with Gasteiger partial charge in [-0.2, -0.15) is 0 Å². The molecule has 0 aliphatic carbocycles. The number of amides is 1. The van der Waals surface area contributed by atoms with Crippen LogP contribution < -0.4 is 0 Å². The van der Waals surface area contributed by atoms with Gasteiger partial charge >= 0.3 is 5.97 Å². The van der Waals surface area contributed by atoms with E-state index in [-0.39, 0.29) is 12.5 Å². The van der Waals surface area contributed by atoms with Crippen LogP contribution in [-0.4, -0.2) is 29.9 Å². The third kappa shape index (κ3) is 4.14. The van der Waals surface area contributed by atoms with Gasteiger partial charge in [-0.3, -0.25) is 4.79 Å². The number of carbonyl (C=O) groups is 2. The standard InChI is InChI=1S/C18H16BrNO4/c19-16-7-5-15(24-16)6-8-18(22)23-12-17(21)20-10-9-13-3-1-2-4-14(13)11-20/h1-8H,9-12H2/b8-6+. The lowest BCUT2D eigenvalue weighted by Crippen LogP contribution is -2.38. The normalized spacial score (nSPS) is 13.8. The summed E-state index contributed by atoms with van der Waals surface area (Å²) in [5, 5.41) is 0. The first kappa shape index (κ1) is 16.5. The Balaban J connectivity index is 1.49. The SMILES string of the molecule is O=C(/C=C/c1ccc(Br)o1)OCC(=O)N1CCc2ccccc2C1. The maximum absolute atomic E-state index is 12.2. The van der Waals surface area contributed by atoms with Gasteiger partial charge in [0.25, 0.3) is 5.91 Å². The van der Waals surface area contributed by atoms with Crippen molar-refractivity contribution in [2.75, 3.05) is 13.2 Å². The van der Waals surface area contributed by atoms with Crippen molar-refractivity contribution in [1.82, 2.24) is 4.90 Å². The van der Waals surface area contributed by atoms with Crippen LogP contribution in [-0.2, 0) is 27.3 Å². The van der Waals surface area contributed by atoms with Gasteiger partial charge in [0.05, 0.1) is 0 Å². The highest BCUT2D eigenvalue weighted by atomic mass is 79.9. The van der Waals surface area contributed by atoms with E-state index in [1.807, 2.05) is 18.2 Å². The van der Waals surface area contributed by atoms with Crippen molar-refractivity contribution in [1.29, 1.82) is 0 Å². The van der Waals surface area contributed by atoms with E-state index < -0.39 is 5.97 Å². The number of hydrogen-bond acceptors (Lipinski definition) is 4. The first-order valence-electron chi connectivity index (χ1n) is 7.56. The summed E-state index contributed by atoms with van der Waals surface area (Å²) >= 11 is 3.18. The molecule has 0 fully saturated rings. The van der Waals surface area contributed by atoms with Crippen LogP contribution in [0.15, 0.2) is 51.6 Å². The van der Waals surface area contributed by atoms with Crippen LogP contribution in [0.4, 0.5) is 0 Å². The lowest BCUT2D eigenvalue weighted by atomic mass is 10.00. The first-order valence-corrected chi connectivity index (χ1v) is 8.36. The summed E-state index contributed by atoms with van der Waals surface area (Å²) in [6, 6.07) is 11.5. The number of carbonyl (C=O) groups excluding carboxylic acids is 2. The highest BCUT2D eigenvalue weighted by Gasteiger charge is 2.20. The molecule has 0 saturated heterocycles. The summed E-state index contributed by atoms with van der Waals surface area (Å²) < 4.78 is 10.8. The van der Waals surface area contributed by atoms with Crippen LogP contribution in [0.1, 0.15) is 16.9 Å². The lowest BCUT2D eigenvalue weighted by Gasteiger charge is -2.28. The molecular formula is C18H16BrNO4. The molecule has 2 aromatic rings. The van der Waals surface area contributed by atoms with E-state index in [1.165, 1.54) is 17.7 Å². The molecule has 2 heterocycles. The Morgan fingerprint density at radius 1 is 1.21 bits per heavy atom. The quantitative estimate of drug-likeness (QED) is 0.595. The predicted octanol–water partition coefficient (Wildman–Crippen LogP) is 3.18. The molecule has 0 unspecified atom stereocenters. The monoisotopic (exact) mass is 389 g/mol. The van der Waals surface area contributed by atoms with Crippen LogP contribution in [0, 0.1) is 0 Å². The average molecular weight is 390 g/mol. The molecule has 0 radical (unpaired) electrons.